The highest BCUT2D eigenvalue weighted by Crippen LogP contribution is 2.33. The fraction of sp³-hybridized carbons (Fsp3) is 0.412. The number of nitrogens with zero attached hydrogens (tertiary/aromatic N) is 2. The van der Waals surface area contributed by atoms with Crippen LogP contribution in [0.4, 0.5) is 0 Å². The molecule has 22 heavy (non-hydrogen) atoms. The highest BCUT2D eigenvalue weighted by Gasteiger charge is 2.21. The van der Waals surface area contributed by atoms with Gasteiger partial charge in [0.15, 0.2) is 5.75 Å². The second kappa shape index (κ2) is 6.75. The quantitative estimate of drug-likeness (QED) is 0.922. The first-order chi connectivity index (χ1) is 10.5. The molecule has 2 aromatic rings. The number of methoxy groups -OCH3 is 1. The second-order valence-corrected chi connectivity index (χ2v) is 5.60. The Morgan fingerprint density at radius 1 is 1.32 bits per heavy atom. The van der Waals surface area contributed by atoms with Crippen LogP contribution < -0.4 is 5.56 Å². The van der Waals surface area contributed by atoms with E-state index in [-0.39, 0.29) is 17.2 Å². The third kappa shape index (κ3) is 3.04. The number of aromatic nitrogens is 2. The van der Waals surface area contributed by atoms with Gasteiger partial charge in [0.1, 0.15) is 5.69 Å². The number of hydrogen-bond donors (Lipinski definition) is 1. The summed E-state index contributed by atoms with van der Waals surface area (Å²) in [5.41, 5.74) is 2.21. The Hall–Kier alpha value is -2.14. The van der Waals surface area contributed by atoms with Crippen molar-refractivity contribution in [1.82, 2.24) is 9.78 Å². The van der Waals surface area contributed by atoms with Gasteiger partial charge in [0.2, 0.25) is 0 Å². The Morgan fingerprint density at radius 2 is 2.00 bits per heavy atom. The van der Waals surface area contributed by atoms with Crippen molar-refractivity contribution in [2.24, 2.45) is 0 Å². The number of aromatic hydroxyl groups is 1. The van der Waals surface area contributed by atoms with E-state index in [1.165, 1.54) is 4.68 Å². The number of benzene rings is 1. The molecule has 5 nitrogen and oxygen atoms in total. The first kappa shape index (κ1) is 16.2. The molecule has 0 radical (unpaired) electrons. The molecule has 0 fully saturated rings. The molecule has 0 bridgehead atoms. The van der Waals surface area contributed by atoms with Gasteiger partial charge in [-0.15, -0.1) is 0 Å². The summed E-state index contributed by atoms with van der Waals surface area (Å²) in [5.74, 6) is -0.0138. The van der Waals surface area contributed by atoms with Crippen LogP contribution in [-0.2, 0) is 11.3 Å². The van der Waals surface area contributed by atoms with Crippen LogP contribution in [0.25, 0.3) is 11.1 Å². The standard InChI is InChI=1S/C17H22N2O3/c1-11(2)15-16(20)14(13-8-6-5-7-12(13)3)17(21)19(18-15)9-10-22-4/h5-8,11,20H,9-10H2,1-4H3. The van der Waals surface area contributed by atoms with E-state index >= 15 is 0 Å². The van der Waals surface area contributed by atoms with Crippen molar-refractivity contribution in [3.8, 4) is 16.9 Å². The van der Waals surface area contributed by atoms with E-state index in [9.17, 15) is 9.90 Å². The molecule has 0 unspecified atom stereocenters. The normalized spacial score (nSPS) is 11.1. The molecule has 5 heteroatoms. The summed E-state index contributed by atoms with van der Waals surface area (Å²) in [7, 11) is 1.58. The van der Waals surface area contributed by atoms with Crippen molar-refractivity contribution in [2.45, 2.75) is 33.2 Å². The third-order valence-corrected chi connectivity index (χ3v) is 3.62. The summed E-state index contributed by atoms with van der Waals surface area (Å²) in [5, 5.41) is 14.9. The van der Waals surface area contributed by atoms with E-state index in [2.05, 4.69) is 5.10 Å². The van der Waals surface area contributed by atoms with Gasteiger partial charge in [-0.2, -0.15) is 5.10 Å². The highest BCUT2D eigenvalue weighted by molar-refractivity contribution is 5.72. The molecule has 0 aliphatic carbocycles. The maximum atomic E-state index is 12.7. The van der Waals surface area contributed by atoms with Crippen LogP contribution in [0.2, 0.25) is 0 Å². The minimum atomic E-state index is -0.298. The van der Waals surface area contributed by atoms with Gasteiger partial charge in [0.05, 0.1) is 18.7 Å². The number of hydrogen-bond acceptors (Lipinski definition) is 4. The molecule has 1 heterocycles. The fourth-order valence-corrected chi connectivity index (χ4v) is 2.40. The number of aryl methyl sites for hydroxylation is 1. The van der Waals surface area contributed by atoms with Gasteiger partial charge in [-0.25, -0.2) is 4.68 Å². The van der Waals surface area contributed by atoms with Gasteiger partial charge in [-0.05, 0) is 18.1 Å². The van der Waals surface area contributed by atoms with Gasteiger partial charge in [0, 0.05) is 13.0 Å². The lowest BCUT2D eigenvalue weighted by Crippen LogP contribution is -2.28. The van der Waals surface area contributed by atoms with Crippen LogP contribution in [0.15, 0.2) is 29.1 Å². The van der Waals surface area contributed by atoms with Crippen LogP contribution in [0.1, 0.15) is 31.0 Å². The topological polar surface area (TPSA) is 64.3 Å². The zero-order valence-corrected chi connectivity index (χ0v) is 13.5. The SMILES string of the molecule is COCCn1nc(C(C)C)c(O)c(-c2ccccc2C)c1=O. The minimum absolute atomic E-state index is 0.0113. The number of rotatable bonds is 5. The molecule has 0 spiro atoms. The van der Waals surface area contributed by atoms with Crippen molar-refractivity contribution in [2.75, 3.05) is 13.7 Å². The van der Waals surface area contributed by atoms with Crippen LogP contribution >= 0.6 is 0 Å². The molecular formula is C17H22N2O3. The maximum absolute atomic E-state index is 12.7. The van der Waals surface area contributed by atoms with Gasteiger partial charge < -0.3 is 9.84 Å². The molecule has 1 aromatic carbocycles. The molecule has 0 saturated carbocycles. The van der Waals surface area contributed by atoms with Crippen molar-refractivity contribution in [1.29, 1.82) is 0 Å². The van der Waals surface area contributed by atoms with Crippen molar-refractivity contribution < 1.29 is 9.84 Å². The van der Waals surface area contributed by atoms with Gasteiger partial charge in [-0.1, -0.05) is 38.1 Å². The Labute approximate surface area is 130 Å². The van der Waals surface area contributed by atoms with Crippen molar-refractivity contribution >= 4 is 0 Å². The predicted molar refractivity (Wildman–Crippen MR) is 86.3 cm³/mol. The molecule has 1 N–H and O–H groups in total. The van der Waals surface area contributed by atoms with Gasteiger partial charge >= 0.3 is 0 Å². The molecule has 0 atom stereocenters. The zero-order valence-electron chi connectivity index (χ0n) is 13.5. The average molecular weight is 302 g/mol. The Kier molecular flexibility index (Phi) is 4.98. The number of ether oxygens (including phenoxy) is 1. The lowest BCUT2D eigenvalue weighted by atomic mass is 9.98. The Morgan fingerprint density at radius 3 is 2.59 bits per heavy atom. The maximum Gasteiger partial charge on any atom is 0.278 e. The van der Waals surface area contributed by atoms with E-state index in [0.29, 0.717) is 24.4 Å². The summed E-state index contributed by atoms with van der Waals surface area (Å²) in [4.78, 5) is 12.7. The van der Waals surface area contributed by atoms with E-state index < -0.39 is 0 Å². The summed E-state index contributed by atoms with van der Waals surface area (Å²) in [6, 6.07) is 7.53. The molecule has 118 valence electrons. The first-order valence-corrected chi connectivity index (χ1v) is 7.36. The lowest BCUT2D eigenvalue weighted by Gasteiger charge is -2.16. The Bertz CT molecular complexity index is 720. The van der Waals surface area contributed by atoms with E-state index in [1.807, 2.05) is 45.0 Å². The summed E-state index contributed by atoms with van der Waals surface area (Å²) < 4.78 is 6.41. The lowest BCUT2D eigenvalue weighted by molar-refractivity contribution is 0.181. The summed E-state index contributed by atoms with van der Waals surface area (Å²) in [6.45, 7) is 6.55. The average Bonchev–Trinajstić information content (AvgIpc) is 2.48. The Balaban J connectivity index is 2.73. The van der Waals surface area contributed by atoms with Crippen LogP contribution in [0, 0.1) is 6.92 Å². The molecule has 1 aromatic heterocycles. The van der Waals surface area contributed by atoms with Gasteiger partial charge in [-0.3, -0.25) is 4.79 Å². The van der Waals surface area contributed by atoms with Crippen molar-refractivity contribution in [3.05, 3.63) is 45.9 Å². The predicted octanol–water partition coefficient (Wildman–Crippen LogP) is 2.69. The van der Waals surface area contributed by atoms with Gasteiger partial charge in [0.25, 0.3) is 5.56 Å². The van der Waals surface area contributed by atoms with E-state index in [4.69, 9.17) is 4.74 Å². The first-order valence-electron chi connectivity index (χ1n) is 7.36. The minimum Gasteiger partial charge on any atom is -0.505 e. The van der Waals surface area contributed by atoms with E-state index in [0.717, 1.165) is 11.1 Å². The summed E-state index contributed by atoms with van der Waals surface area (Å²) >= 11 is 0. The molecule has 0 amide bonds. The van der Waals surface area contributed by atoms with Crippen LogP contribution in [0.3, 0.4) is 0 Å². The van der Waals surface area contributed by atoms with Crippen LogP contribution in [0.5, 0.6) is 5.75 Å². The smallest absolute Gasteiger partial charge is 0.278 e. The zero-order chi connectivity index (χ0) is 16.3. The molecule has 0 aliphatic rings. The van der Waals surface area contributed by atoms with E-state index in [1.54, 1.807) is 7.11 Å². The molecule has 0 aliphatic heterocycles. The largest absolute Gasteiger partial charge is 0.505 e. The summed E-state index contributed by atoms with van der Waals surface area (Å²) in [6.07, 6.45) is 0. The monoisotopic (exact) mass is 302 g/mol. The molecule has 2 rings (SSSR count). The second-order valence-electron chi connectivity index (χ2n) is 5.60. The van der Waals surface area contributed by atoms with Crippen molar-refractivity contribution in [3.63, 3.8) is 0 Å². The van der Waals surface area contributed by atoms with Crippen LogP contribution in [-0.4, -0.2) is 28.6 Å². The molecular weight excluding hydrogens is 280 g/mol. The third-order valence-electron chi connectivity index (χ3n) is 3.62. The highest BCUT2D eigenvalue weighted by atomic mass is 16.5. The fourth-order valence-electron chi connectivity index (χ4n) is 2.40. The molecule has 0 saturated heterocycles.